The average Bonchev–Trinajstić information content (AvgIpc) is 2.91. The van der Waals surface area contributed by atoms with Crippen LogP contribution in [0.4, 0.5) is 0 Å². The molecule has 0 aliphatic carbocycles. The van der Waals surface area contributed by atoms with Crippen LogP contribution in [0.25, 0.3) is 0 Å². The molecular formula is C11H13ClN2O. The van der Waals surface area contributed by atoms with Crippen LogP contribution in [0.2, 0.25) is 0 Å². The summed E-state index contributed by atoms with van der Waals surface area (Å²) >= 11 is 5.76. The van der Waals surface area contributed by atoms with Gasteiger partial charge in [-0.25, -0.2) is 9.97 Å². The van der Waals surface area contributed by atoms with Crippen molar-refractivity contribution in [3.8, 4) is 0 Å². The highest BCUT2D eigenvalue weighted by Crippen LogP contribution is 2.43. The van der Waals surface area contributed by atoms with Gasteiger partial charge in [-0.1, -0.05) is 0 Å². The Balaban J connectivity index is 1.86. The van der Waals surface area contributed by atoms with E-state index in [0.29, 0.717) is 24.0 Å². The van der Waals surface area contributed by atoms with Gasteiger partial charge in [0.25, 0.3) is 0 Å². The molecule has 1 aromatic rings. The van der Waals surface area contributed by atoms with E-state index in [-0.39, 0.29) is 0 Å². The largest absolute Gasteiger partial charge is 0.374 e. The van der Waals surface area contributed by atoms with Gasteiger partial charge in [0.15, 0.2) is 0 Å². The quantitative estimate of drug-likeness (QED) is 0.723. The number of hydrogen-bond donors (Lipinski definition) is 0. The zero-order valence-corrected chi connectivity index (χ0v) is 9.15. The maximum atomic E-state index is 5.80. The van der Waals surface area contributed by atoms with Crippen LogP contribution in [0.5, 0.6) is 0 Å². The SMILES string of the molecule is ClCc1ccnc(C2CC3CCC2O3)n1. The van der Waals surface area contributed by atoms with Gasteiger partial charge >= 0.3 is 0 Å². The first-order valence-electron chi connectivity index (χ1n) is 5.40. The summed E-state index contributed by atoms with van der Waals surface area (Å²) in [6.45, 7) is 0. The van der Waals surface area contributed by atoms with Crippen LogP contribution in [0.15, 0.2) is 12.3 Å². The normalized spacial score (nSPS) is 33.5. The second-order valence-electron chi connectivity index (χ2n) is 4.26. The Hall–Kier alpha value is -0.670. The molecule has 4 heteroatoms. The molecule has 3 nitrogen and oxygen atoms in total. The second kappa shape index (κ2) is 3.72. The highest BCUT2D eigenvalue weighted by molar-refractivity contribution is 6.16. The van der Waals surface area contributed by atoms with E-state index in [4.69, 9.17) is 16.3 Å². The molecule has 2 fully saturated rings. The lowest BCUT2D eigenvalue weighted by Crippen LogP contribution is -2.17. The van der Waals surface area contributed by atoms with E-state index >= 15 is 0 Å². The monoisotopic (exact) mass is 224 g/mol. The summed E-state index contributed by atoms with van der Waals surface area (Å²) in [5.74, 6) is 1.77. The lowest BCUT2D eigenvalue weighted by atomic mass is 9.88. The zero-order valence-electron chi connectivity index (χ0n) is 8.40. The Bertz CT molecular complexity index is 371. The zero-order chi connectivity index (χ0) is 10.3. The van der Waals surface area contributed by atoms with E-state index < -0.39 is 0 Å². The maximum absolute atomic E-state index is 5.80. The molecule has 3 rings (SSSR count). The van der Waals surface area contributed by atoms with Crippen molar-refractivity contribution in [1.82, 2.24) is 9.97 Å². The van der Waals surface area contributed by atoms with E-state index in [1.807, 2.05) is 6.07 Å². The van der Waals surface area contributed by atoms with E-state index in [0.717, 1.165) is 24.4 Å². The van der Waals surface area contributed by atoms with Gasteiger partial charge in [-0.2, -0.15) is 0 Å². The number of aromatic nitrogens is 2. The third kappa shape index (κ3) is 1.64. The minimum atomic E-state index is 0.348. The number of hydrogen-bond acceptors (Lipinski definition) is 3. The molecular weight excluding hydrogens is 212 g/mol. The number of fused-ring (bicyclic) bond motifs is 2. The van der Waals surface area contributed by atoms with E-state index in [1.54, 1.807) is 6.20 Å². The number of alkyl halides is 1. The summed E-state index contributed by atoms with van der Waals surface area (Å²) in [5.41, 5.74) is 0.907. The van der Waals surface area contributed by atoms with Crippen molar-refractivity contribution in [2.45, 2.75) is 43.3 Å². The first kappa shape index (κ1) is 9.55. The van der Waals surface area contributed by atoms with Gasteiger partial charge < -0.3 is 4.74 Å². The van der Waals surface area contributed by atoms with Gasteiger partial charge in [0, 0.05) is 12.1 Å². The minimum absolute atomic E-state index is 0.348. The molecule has 3 atom stereocenters. The third-order valence-electron chi connectivity index (χ3n) is 3.31. The Morgan fingerprint density at radius 3 is 3.07 bits per heavy atom. The van der Waals surface area contributed by atoms with Crippen molar-refractivity contribution < 1.29 is 4.74 Å². The van der Waals surface area contributed by atoms with Gasteiger partial charge in [0.2, 0.25) is 0 Å². The van der Waals surface area contributed by atoms with Crippen molar-refractivity contribution in [2.75, 3.05) is 0 Å². The number of rotatable bonds is 2. The van der Waals surface area contributed by atoms with Crippen LogP contribution in [-0.4, -0.2) is 22.2 Å². The first-order valence-corrected chi connectivity index (χ1v) is 5.93. The molecule has 0 saturated carbocycles. The summed E-state index contributed by atoms with van der Waals surface area (Å²) in [6.07, 6.45) is 6.03. The van der Waals surface area contributed by atoms with Crippen LogP contribution in [-0.2, 0) is 10.6 Å². The molecule has 3 heterocycles. The van der Waals surface area contributed by atoms with Gasteiger partial charge in [-0.3, -0.25) is 0 Å². The van der Waals surface area contributed by atoms with Gasteiger partial charge in [-0.15, -0.1) is 11.6 Å². The molecule has 80 valence electrons. The molecule has 2 aliphatic rings. The van der Waals surface area contributed by atoms with Crippen LogP contribution >= 0.6 is 11.6 Å². The van der Waals surface area contributed by atoms with Gasteiger partial charge in [0.1, 0.15) is 5.82 Å². The molecule has 2 bridgehead atoms. The Kier molecular flexibility index (Phi) is 2.37. The van der Waals surface area contributed by atoms with Crippen LogP contribution in [0.3, 0.4) is 0 Å². The van der Waals surface area contributed by atoms with Crippen molar-refractivity contribution in [3.05, 3.63) is 23.8 Å². The molecule has 1 aromatic heterocycles. The topological polar surface area (TPSA) is 35.0 Å². The fourth-order valence-electron chi connectivity index (χ4n) is 2.58. The van der Waals surface area contributed by atoms with Crippen molar-refractivity contribution in [2.24, 2.45) is 0 Å². The highest BCUT2D eigenvalue weighted by atomic mass is 35.5. The van der Waals surface area contributed by atoms with Crippen LogP contribution in [0, 0.1) is 0 Å². The Morgan fingerprint density at radius 2 is 2.40 bits per heavy atom. The van der Waals surface area contributed by atoms with E-state index in [2.05, 4.69) is 9.97 Å². The molecule has 0 radical (unpaired) electrons. The first-order chi connectivity index (χ1) is 7.36. The van der Waals surface area contributed by atoms with Crippen molar-refractivity contribution in [1.29, 1.82) is 0 Å². The van der Waals surface area contributed by atoms with Gasteiger partial charge in [0.05, 0.1) is 23.8 Å². The fourth-order valence-corrected chi connectivity index (χ4v) is 2.72. The lowest BCUT2D eigenvalue weighted by Gasteiger charge is -2.16. The number of ether oxygens (including phenoxy) is 1. The lowest BCUT2D eigenvalue weighted by molar-refractivity contribution is 0.0998. The molecule has 3 unspecified atom stereocenters. The summed E-state index contributed by atoms with van der Waals surface area (Å²) in [6, 6.07) is 1.87. The predicted octanol–water partition coefficient (Wildman–Crippen LogP) is 2.25. The Labute approximate surface area is 93.8 Å². The smallest absolute Gasteiger partial charge is 0.134 e. The molecule has 0 amide bonds. The van der Waals surface area contributed by atoms with E-state index in [1.165, 1.54) is 6.42 Å². The minimum Gasteiger partial charge on any atom is -0.374 e. The van der Waals surface area contributed by atoms with Crippen molar-refractivity contribution in [3.63, 3.8) is 0 Å². The summed E-state index contributed by atoms with van der Waals surface area (Å²) < 4.78 is 5.80. The highest BCUT2D eigenvalue weighted by Gasteiger charge is 2.42. The standard InChI is InChI=1S/C11H13ClN2O/c12-6-7-3-4-13-11(14-7)9-5-8-1-2-10(9)15-8/h3-4,8-10H,1-2,5-6H2. The molecule has 2 saturated heterocycles. The number of halogens is 1. The third-order valence-corrected chi connectivity index (χ3v) is 3.58. The predicted molar refractivity (Wildman–Crippen MR) is 56.8 cm³/mol. The van der Waals surface area contributed by atoms with Crippen LogP contribution < -0.4 is 0 Å². The van der Waals surface area contributed by atoms with Gasteiger partial charge in [-0.05, 0) is 25.3 Å². The Morgan fingerprint density at radius 1 is 1.47 bits per heavy atom. The number of nitrogens with zero attached hydrogens (tertiary/aromatic N) is 2. The maximum Gasteiger partial charge on any atom is 0.134 e. The summed E-state index contributed by atoms with van der Waals surface area (Å²) in [4.78, 5) is 8.81. The fraction of sp³-hybridized carbons (Fsp3) is 0.636. The molecule has 15 heavy (non-hydrogen) atoms. The average molecular weight is 225 g/mol. The van der Waals surface area contributed by atoms with Crippen LogP contribution in [0.1, 0.15) is 36.7 Å². The molecule has 0 N–H and O–H groups in total. The molecule has 2 aliphatic heterocycles. The van der Waals surface area contributed by atoms with E-state index in [9.17, 15) is 0 Å². The van der Waals surface area contributed by atoms with Crippen molar-refractivity contribution >= 4 is 11.6 Å². The second-order valence-corrected chi connectivity index (χ2v) is 4.52. The molecule has 0 aromatic carbocycles. The summed E-state index contributed by atoms with van der Waals surface area (Å²) in [7, 11) is 0. The molecule has 0 spiro atoms. The summed E-state index contributed by atoms with van der Waals surface area (Å²) in [5, 5.41) is 0.